The molecule has 0 aromatic carbocycles. The Morgan fingerprint density at radius 1 is 0.935 bits per heavy atom. The molecule has 1 N–H and O–H groups in total. The highest BCUT2D eigenvalue weighted by atomic mass is 16.3. The fourth-order valence-electron chi connectivity index (χ4n) is 10.9. The molecule has 11 atom stereocenters. The van der Waals surface area contributed by atoms with E-state index in [1.165, 1.54) is 69.8 Å². The molecule has 0 bridgehead atoms. The lowest BCUT2D eigenvalue weighted by Crippen LogP contribution is -2.55. The van der Waals surface area contributed by atoms with Gasteiger partial charge in [-0.15, -0.1) is 0 Å². The third kappa shape index (κ3) is 2.77. The molecule has 0 aromatic heterocycles. The van der Waals surface area contributed by atoms with Gasteiger partial charge in [0.1, 0.15) is 0 Å². The lowest BCUT2D eigenvalue weighted by molar-refractivity contribution is -0.143. The predicted molar refractivity (Wildman–Crippen MR) is 131 cm³/mol. The van der Waals surface area contributed by atoms with E-state index < -0.39 is 0 Å². The van der Waals surface area contributed by atoms with E-state index in [0.717, 1.165) is 30.1 Å². The number of allylic oxidation sites excluding steroid dienone is 1. The van der Waals surface area contributed by atoms with Crippen molar-refractivity contribution in [1.82, 2.24) is 0 Å². The van der Waals surface area contributed by atoms with Crippen LogP contribution in [0.1, 0.15) is 112 Å². The monoisotopic (exact) mass is 426 g/mol. The molecule has 0 aliphatic heterocycles. The maximum atomic E-state index is 10.6. The van der Waals surface area contributed by atoms with Crippen molar-refractivity contribution in [1.29, 1.82) is 0 Å². The van der Waals surface area contributed by atoms with E-state index in [4.69, 9.17) is 0 Å². The van der Waals surface area contributed by atoms with Crippen LogP contribution in [0.2, 0.25) is 0 Å². The average molecular weight is 427 g/mol. The molecule has 0 aromatic rings. The lowest BCUT2D eigenvalue weighted by Gasteiger charge is -2.62. The summed E-state index contributed by atoms with van der Waals surface area (Å²) in [7, 11) is 0. The van der Waals surface area contributed by atoms with Crippen LogP contribution >= 0.6 is 0 Å². The van der Waals surface area contributed by atoms with E-state index in [0.29, 0.717) is 33.5 Å². The molecule has 5 aliphatic rings. The molecule has 2 spiro atoms. The summed E-state index contributed by atoms with van der Waals surface area (Å²) < 4.78 is 0. The zero-order valence-electron chi connectivity index (χ0n) is 21.5. The van der Waals surface area contributed by atoms with Gasteiger partial charge in [0, 0.05) is 0 Å². The highest BCUT2D eigenvalue weighted by molar-refractivity contribution is 5.29. The quantitative estimate of drug-likeness (QED) is 0.441. The van der Waals surface area contributed by atoms with Crippen molar-refractivity contribution in [3.05, 3.63) is 12.2 Å². The van der Waals surface area contributed by atoms with Gasteiger partial charge < -0.3 is 5.11 Å². The van der Waals surface area contributed by atoms with Gasteiger partial charge in [-0.1, -0.05) is 46.8 Å². The normalized spacial score (nSPS) is 54.7. The van der Waals surface area contributed by atoms with Gasteiger partial charge in [-0.05, 0) is 135 Å². The summed E-state index contributed by atoms with van der Waals surface area (Å²) in [6, 6.07) is 0. The van der Waals surface area contributed by atoms with E-state index in [1.807, 2.05) is 0 Å². The van der Waals surface area contributed by atoms with Crippen LogP contribution in [-0.2, 0) is 0 Å². The molecule has 5 rings (SSSR count). The van der Waals surface area contributed by atoms with Crippen molar-refractivity contribution < 1.29 is 5.11 Å². The smallest absolute Gasteiger partial charge is 0.0568 e. The SMILES string of the molecule is C=C(C)[C@@H](C)CC[C@@H](C)[C@H]1CC[C@@]2(C)[C@@H]3CC[C@H]4[C@H](C)[C@@H](O)CC[C@@]45C[C@@]35CC[C@]12C. The molecule has 0 saturated heterocycles. The Bertz CT molecular complexity index is 741. The fourth-order valence-corrected chi connectivity index (χ4v) is 10.9. The zero-order valence-corrected chi connectivity index (χ0v) is 21.5. The molecule has 31 heavy (non-hydrogen) atoms. The Labute approximate surface area is 192 Å². The van der Waals surface area contributed by atoms with Gasteiger partial charge in [0.2, 0.25) is 0 Å². The van der Waals surface area contributed by atoms with Crippen LogP contribution in [0.4, 0.5) is 0 Å². The van der Waals surface area contributed by atoms with Crippen molar-refractivity contribution in [3.8, 4) is 0 Å². The van der Waals surface area contributed by atoms with Crippen molar-refractivity contribution in [2.45, 2.75) is 118 Å². The second-order valence-corrected chi connectivity index (χ2v) is 14.0. The Morgan fingerprint density at radius 3 is 2.39 bits per heavy atom. The van der Waals surface area contributed by atoms with Crippen LogP contribution in [0.15, 0.2) is 12.2 Å². The molecule has 0 amide bonds. The summed E-state index contributed by atoms with van der Waals surface area (Å²) >= 11 is 0. The third-order valence-corrected chi connectivity index (χ3v) is 13.3. The lowest BCUT2D eigenvalue weighted by atomic mass is 9.43. The van der Waals surface area contributed by atoms with Crippen molar-refractivity contribution in [3.63, 3.8) is 0 Å². The zero-order chi connectivity index (χ0) is 22.4. The molecule has 1 nitrogen and oxygen atoms in total. The summed E-state index contributed by atoms with van der Waals surface area (Å²) in [5.41, 5.74) is 3.69. The fraction of sp³-hybridized carbons (Fsp3) is 0.933. The number of fused-ring (bicyclic) bond motifs is 2. The Kier molecular flexibility index (Phi) is 5.15. The molecule has 0 unspecified atom stereocenters. The van der Waals surface area contributed by atoms with Gasteiger partial charge in [0.15, 0.2) is 0 Å². The summed E-state index contributed by atoms with van der Waals surface area (Å²) in [6.07, 6.45) is 15.3. The van der Waals surface area contributed by atoms with Crippen LogP contribution in [0.3, 0.4) is 0 Å². The molecule has 5 fully saturated rings. The molecule has 1 heteroatoms. The first-order chi connectivity index (χ1) is 14.5. The van der Waals surface area contributed by atoms with Crippen molar-refractivity contribution in [2.24, 2.45) is 57.2 Å². The molecule has 0 radical (unpaired) electrons. The van der Waals surface area contributed by atoms with Crippen molar-refractivity contribution in [2.75, 3.05) is 0 Å². The van der Waals surface area contributed by atoms with Gasteiger partial charge in [0.05, 0.1) is 6.10 Å². The minimum absolute atomic E-state index is 0.0347. The minimum Gasteiger partial charge on any atom is -0.393 e. The number of aliphatic hydroxyl groups is 1. The van der Waals surface area contributed by atoms with Crippen LogP contribution in [0.5, 0.6) is 0 Å². The van der Waals surface area contributed by atoms with Crippen molar-refractivity contribution >= 4 is 0 Å². The van der Waals surface area contributed by atoms with E-state index in [9.17, 15) is 5.11 Å². The second kappa shape index (κ2) is 7.10. The summed E-state index contributed by atoms with van der Waals surface area (Å²) in [5.74, 6) is 4.71. The maximum Gasteiger partial charge on any atom is 0.0568 e. The number of rotatable bonds is 5. The number of aliphatic hydroxyl groups excluding tert-OH is 1. The summed E-state index contributed by atoms with van der Waals surface area (Å²) in [6.45, 7) is 19.2. The molecule has 176 valence electrons. The first-order valence-corrected chi connectivity index (χ1v) is 13.9. The molecular weight excluding hydrogens is 376 g/mol. The number of hydrogen-bond donors (Lipinski definition) is 1. The van der Waals surface area contributed by atoms with Gasteiger partial charge >= 0.3 is 0 Å². The predicted octanol–water partition coefficient (Wildman–Crippen LogP) is 8.02. The van der Waals surface area contributed by atoms with Gasteiger partial charge in [-0.3, -0.25) is 0 Å². The van der Waals surface area contributed by atoms with Gasteiger partial charge in [0.25, 0.3) is 0 Å². The highest BCUT2D eigenvalue weighted by Gasteiger charge is 2.81. The minimum atomic E-state index is -0.0347. The maximum absolute atomic E-state index is 10.6. The first-order valence-electron chi connectivity index (χ1n) is 13.9. The van der Waals surface area contributed by atoms with Crippen LogP contribution in [0.25, 0.3) is 0 Å². The average Bonchev–Trinajstić information content (AvgIpc) is 3.31. The molecule has 0 heterocycles. The van der Waals surface area contributed by atoms with Crippen LogP contribution in [0, 0.1) is 57.2 Å². The summed E-state index contributed by atoms with van der Waals surface area (Å²) in [5, 5.41) is 10.6. The standard InChI is InChI=1S/C30H50O/c1-19(2)20(3)8-9-21(4)23-12-14-28(7)26-11-10-24-22(5)25(31)13-15-29(24)18-30(26,29)17-16-27(23,28)6/h20-26,31H,1,8-18H2,2-7H3/t20-,21+,22-,23+,24-,25-,26-,27+,28-,29+,30-/m0/s1. The first kappa shape index (κ1) is 22.5. The Morgan fingerprint density at radius 2 is 1.68 bits per heavy atom. The Hall–Kier alpha value is -0.300. The van der Waals surface area contributed by atoms with Crippen LogP contribution < -0.4 is 0 Å². The van der Waals surface area contributed by atoms with E-state index in [2.05, 4.69) is 48.1 Å². The van der Waals surface area contributed by atoms with Gasteiger partial charge in [-0.2, -0.15) is 0 Å². The largest absolute Gasteiger partial charge is 0.393 e. The number of hydrogen-bond acceptors (Lipinski definition) is 1. The van der Waals surface area contributed by atoms with Gasteiger partial charge in [-0.25, -0.2) is 0 Å². The Balaban J connectivity index is 1.37. The third-order valence-electron chi connectivity index (χ3n) is 13.3. The van der Waals surface area contributed by atoms with E-state index >= 15 is 0 Å². The second-order valence-electron chi connectivity index (χ2n) is 14.0. The summed E-state index contributed by atoms with van der Waals surface area (Å²) in [4.78, 5) is 0. The topological polar surface area (TPSA) is 20.2 Å². The van der Waals surface area contributed by atoms with Crippen LogP contribution in [-0.4, -0.2) is 11.2 Å². The van der Waals surface area contributed by atoms with E-state index in [1.54, 1.807) is 0 Å². The molecular formula is C30H50O. The molecule has 5 aliphatic carbocycles. The van der Waals surface area contributed by atoms with E-state index in [-0.39, 0.29) is 6.10 Å². The highest BCUT2D eigenvalue weighted by Crippen LogP contribution is 2.88. The molecule has 5 saturated carbocycles.